The fourth-order valence-electron chi connectivity index (χ4n) is 1.82. The summed E-state index contributed by atoms with van der Waals surface area (Å²) in [7, 11) is 1.99. The molecule has 1 aromatic carbocycles. The fourth-order valence-corrected chi connectivity index (χ4v) is 1.82. The molecule has 0 fully saturated rings. The molecular weight excluding hydrogens is 380 g/mol. The summed E-state index contributed by atoms with van der Waals surface area (Å²) in [5, 5.41) is 3.27. The van der Waals surface area contributed by atoms with Crippen LogP contribution in [0, 0.1) is 5.82 Å². The van der Waals surface area contributed by atoms with Crippen LogP contribution in [-0.4, -0.2) is 31.0 Å². The quantitative estimate of drug-likeness (QED) is 0.256. The molecule has 0 spiro atoms. The molecule has 0 aromatic heterocycles. The zero-order valence-corrected chi connectivity index (χ0v) is 15.3. The lowest BCUT2D eigenvalue weighted by molar-refractivity contribution is 0.476. The SMILES string of the molecule is C/C=C/CCN=C(NCC)N(C)Cc1ccc(F)cc1.I. The van der Waals surface area contributed by atoms with E-state index in [4.69, 9.17) is 0 Å². The summed E-state index contributed by atoms with van der Waals surface area (Å²) in [6.07, 6.45) is 5.08. The number of nitrogens with zero attached hydrogens (tertiary/aromatic N) is 2. The zero-order valence-electron chi connectivity index (χ0n) is 13.0. The average Bonchev–Trinajstić information content (AvgIpc) is 2.44. The smallest absolute Gasteiger partial charge is 0.193 e. The van der Waals surface area contributed by atoms with Gasteiger partial charge in [-0.05, 0) is 38.0 Å². The maximum absolute atomic E-state index is 12.9. The van der Waals surface area contributed by atoms with Crippen molar-refractivity contribution in [3.05, 3.63) is 47.8 Å². The number of rotatable bonds is 6. The van der Waals surface area contributed by atoms with Gasteiger partial charge in [0.05, 0.1) is 0 Å². The summed E-state index contributed by atoms with van der Waals surface area (Å²) in [6.45, 7) is 6.36. The monoisotopic (exact) mass is 405 g/mol. The predicted molar refractivity (Wildman–Crippen MR) is 98.7 cm³/mol. The summed E-state index contributed by atoms with van der Waals surface area (Å²) >= 11 is 0. The molecule has 21 heavy (non-hydrogen) atoms. The third-order valence-electron chi connectivity index (χ3n) is 2.82. The summed E-state index contributed by atoms with van der Waals surface area (Å²) < 4.78 is 12.9. The second-order valence-electron chi connectivity index (χ2n) is 4.58. The van der Waals surface area contributed by atoms with E-state index in [2.05, 4.69) is 16.4 Å². The summed E-state index contributed by atoms with van der Waals surface area (Å²) in [6, 6.07) is 6.57. The van der Waals surface area contributed by atoms with Crippen molar-refractivity contribution in [1.29, 1.82) is 0 Å². The molecule has 118 valence electrons. The van der Waals surface area contributed by atoms with Crippen LogP contribution in [0.1, 0.15) is 25.8 Å². The Morgan fingerprint density at radius 3 is 2.57 bits per heavy atom. The summed E-state index contributed by atoms with van der Waals surface area (Å²) in [5.74, 6) is 0.671. The number of halogens is 2. The van der Waals surface area contributed by atoms with Crippen LogP contribution >= 0.6 is 24.0 Å². The molecule has 5 heteroatoms. The molecule has 1 aromatic rings. The van der Waals surface area contributed by atoms with Gasteiger partial charge in [-0.15, -0.1) is 24.0 Å². The normalized spacial score (nSPS) is 11.3. The van der Waals surface area contributed by atoms with Crippen LogP contribution in [0.15, 0.2) is 41.4 Å². The Morgan fingerprint density at radius 1 is 1.33 bits per heavy atom. The number of hydrogen-bond donors (Lipinski definition) is 1. The van der Waals surface area contributed by atoms with Gasteiger partial charge in [-0.3, -0.25) is 4.99 Å². The van der Waals surface area contributed by atoms with Crippen molar-refractivity contribution in [2.24, 2.45) is 4.99 Å². The number of nitrogens with one attached hydrogen (secondary N) is 1. The van der Waals surface area contributed by atoms with Gasteiger partial charge >= 0.3 is 0 Å². The molecular formula is C16H25FIN3. The highest BCUT2D eigenvalue weighted by Crippen LogP contribution is 2.05. The molecule has 0 bridgehead atoms. The zero-order chi connectivity index (χ0) is 14.8. The lowest BCUT2D eigenvalue weighted by atomic mass is 10.2. The van der Waals surface area contributed by atoms with E-state index in [1.165, 1.54) is 12.1 Å². The van der Waals surface area contributed by atoms with Crippen molar-refractivity contribution in [2.75, 3.05) is 20.1 Å². The Bertz CT molecular complexity index is 443. The predicted octanol–water partition coefficient (Wildman–Crippen LogP) is 3.81. The second kappa shape index (κ2) is 11.5. The van der Waals surface area contributed by atoms with Crippen molar-refractivity contribution in [1.82, 2.24) is 10.2 Å². The molecule has 0 unspecified atom stereocenters. The Labute approximate surface area is 144 Å². The molecule has 0 radical (unpaired) electrons. The first-order valence-corrected chi connectivity index (χ1v) is 7.02. The molecule has 0 amide bonds. The maximum atomic E-state index is 12.9. The minimum atomic E-state index is -0.205. The van der Waals surface area contributed by atoms with Gasteiger partial charge < -0.3 is 10.2 Å². The van der Waals surface area contributed by atoms with Gasteiger partial charge in [0.2, 0.25) is 0 Å². The maximum Gasteiger partial charge on any atom is 0.193 e. The van der Waals surface area contributed by atoms with Crippen LogP contribution in [0.5, 0.6) is 0 Å². The van der Waals surface area contributed by atoms with Crippen molar-refractivity contribution in [2.45, 2.75) is 26.8 Å². The Morgan fingerprint density at radius 2 is 2.00 bits per heavy atom. The Hall–Kier alpha value is -1.11. The Balaban J connectivity index is 0.00000400. The van der Waals surface area contributed by atoms with E-state index in [0.717, 1.165) is 31.0 Å². The second-order valence-corrected chi connectivity index (χ2v) is 4.58. The summed E-state index contributed by atoms with van der Waals surface area (Å²) in [4.78, 5) is 6.62. The van der Waals surface area contributed by atoms with Gasteiger partial charge in [0.25, 0.3) is 0 Å². The minimum Gasteiger partial charge on any atom is -0.357 e. The van der Waals surface area contributed by atoms with Crippen LogP contribution < -0.4 is 5.32 Å². The standard InChI is InChI=1S/C16H24FN3.HI/c1-4-6-7-12-19-16(18-5-2)20(3)13-14-8-10-15(17)11-9-14;/h4,6,8-11H,5,7,12-13H2,1-3H3,(H,18,19);1H/b6-4+;. The van der Waals surface area contributed by atoms with Crippen LogP contribution in [0.25, 0.3) is 0 Å². The summed E-state index contributed by atoms with van der Waals surface area (Å²) in [5.41, 5.74) is 1.06. The molecule has 0 saturated carbocycles. The molecule has 0 aliphatic carbocycles. The molecule has 0 atom stereocenters. The van der Waals surface area contributed by atoms with Crippen LogP contribution in [0.3, 0.4) is 0 Å². The van der Waals surface area contributed by atoms with Crippen molar-refractivity contribution < 1.29 is 4.39 Å². The van der Waals surface area contributed by atoms with Crippen molar-refractivity contribution in [3.63, 3.8) is 0 Å². The van der Waals surface area contributed by atoms with Gasteiger partial charge in [-0.25, -0.2) is 4.39 Å². The van der Waals surface area contributed by atoms with E-state index < -0.39 is 0 Å². The third kappa shape index (κ3) is 8.04. The van der Waals surface area contributed by atoms with Crippen LogP contribution in [-0.2, 0) is 6.54 Å². The van der Waals surface area contributed by atoms with E-state index in [-0.39, 0.29) is 29.8 Å². The van der Waals surface area contributed by atoms with E-state index in [1.54, 1.807) is 12.1 Å². The largest absolute Gasteiger partial charge is 0.357 e. The Kier molecular flexibility index (Phi) is 10.9. The number of allylic oxidation sites excluding steroid dienone is 1. The molecule has 0 heterocycles. The van der Waals surface area contributed by atoms with Gasteiger partial charge in [0.15, 0.2) is 5.96 Å². The van der Waals surface area contributed by atoms with E-state index >= 15 is 0 Å². The topological polar surface area (TPSA) is 27.6 Å². The van der Waals surface area contributed by atoms with Gasteiger partial charge in [0, 0.05) is 26.7 Å². The number of hydrogen-bond acceptors (Lipinski definition) is 1. The van der Waals surface area contributed by atoms with Crippen molar-refractivity contribution in [3.8, 4) is 0 Å². The fraction of sp³-hybridized carbons (Fsp3) is 0.438. The first-order valence-electron chi connectivity index (χ1n) is 7.02. The lowest BCUT2D eigenvalue weighted by Crippen LogP contribution is -2.38. The van der Waals surface area contributed by atoms with Crippen molar-refractivity contribution >= 4 is 29.9 Å². The number of guanidine groups is 1. The molecule has 0 aliphatic heterocycles. The third-order valence-corrected chi connectivity index (χ3v) is 2.82. The lowest BCUT2D eigenvalue weighted by Gasteiger charge is -2.22. The minimum absolute atomic E-state index is 0. The molecule has 1 N–H and O–H groups in total. The van der Waals surface area contributed by atoms with E-state index in [0.29, 0.717) is 6.54 Å². The highest BCUT2D eigenvalue weighted by Gasteiger charge is 2.06. The van der Waals surface area contributed by atoms with Gasteiger partial charge in [0.1, 0.15) is 5.82 Å². The van der Waals surface area contributed by atoms with Gasteiger partial charge in [-0.1, -0.05) is 24.3 Å². The highest BCUT2D eigenvalue weighted by atomic mass is 127. The van der Waals surface area contributed by atoms with E-state index in [1.807, 2.05) is 31.9 Å². The van der Waals surface area contributed by atoms with Crippen LogP contribution in [0.4, 0.5) is 4.39 Å². The van der Waals surface area contributed by atoms with Gasteiger partial charge in [-0.2, -0.15) is 0 Å². The molecule has 0 saturated heterocycles. The molecule has 1 rings (SSSR count). The molecule has 3 nitrogen and oxygen atoms in total. The first kappa shape index (κ1) is 19.9. The highest BCUT2D eigenvalue weighted by molar-refractivity contribution is 14.0. The first-order chi connectivity index (χ1) is 9.67. The van der Waals surface area contributed by atoms with E-state index in [9.17, 15) is 4.39 Å². The number of benzene rings is 1. The van der Waals surface area contributed by atoms with Crippen LogP contribution in [0.2, 0.25) is 0 Å². The number of aliphatic imine (C=N–C) groups is 1. The molecule has 0 aliphatic rings. The average molecular weight is 405 g/mol.